The highest BCUT2D eigenvalue weighted by Gasteiger charge is 2.22. The van der Waals surface area contributed by atoms with Crippen LogP contribution in [0.5, 0.6) is 5.88 Å². The maximum Gasteiger partial charge on any atom is 0.213 e. The first-order valence-corrected chi connectivity index (χ1v) is 5.79. The largest absolute Gasteiger partial charge is 0.473 e. The van der Waals surface area contributed by atoms with Crippen LogP contribution in [0.15, 0.2) is 18.3 Å². The second-order valence-corrected chi connectivity index (χ2v) is 4.27. The Labute approximate surface area is 94.8 Å². The average molecular weight is 224 g/mol. The molecule has 0 spiro atoms. The topological polar surface area (TPSA) is 48.1 Å². The van der Waals surface area contributed by atoms with Gasteiger partial charge in [-0.05, 0) is 25.3 Å². The molecule has 2 unspecified atom stereocenters. The van der Waals surface area contributed by atoms with Crippen LogP contribution in [-0.2, 0) is 0 Å². The fraction of sp³-hybridized carbons (Fsp3) is 0.583. The summed E-state index contributed by atoms with van der Waals surface area (Å²) in [6, 6.07) is 2.96. The van der Waals surface area contributed by atoms with Gasteiger partial charge in [0.2, 0.25) is 5.88 Å². The van der Waals surface area contributed by atoms with Crippen LogP contribution in [0.25, 0.3) is 0 Å². The Morgan fingerprint density at radius 1 is 1.25 bits per heavy atom. The van der Waals surface area contributed by atoms with Crippen LogP contribution in [0.1, 0.15) is 32.1 Å². The normalized spacial score (nSPS) is 26.1. The van der Waals surface area contributed by atoms with Gasteiger partial charge in [0.25, 0.3) is 0 Å². The van der Waals surface area contributed by atoms with Gasteiger partial charge < -0.3 is 10.5 Å². The lowest BCUT2D eigenvalue weighted by Crippen LogP contribution is -2.38. The van der Waals surface area contributed by atoms with Crippen molar-refractivity contribution in [2.24, 2.45) is 5.73 Å². The van der Waals surface area contributed by atoms with Crippen LogP contribution in [0.4, 0.5) is 4.39 Å². The van der Waals surface area contributed by atoms with Crippen LogP contribution >= 0.6 is 0 Å². The van der Waals surface area contributed by atoms with Crippen molar-refractivity contribution in [2.75, 3.05) is 0 Å². The second kappa shape index (κ2) is 5.25. The summed E-state index contributed by atoms with van der Waals surface area (Å²) in [5, 5.41) is 0. The zero-order valence-corrected chi connectivity index (χ0v) is 9.23. The van der Waals surface area contributed by atoms with Crippen LogP contribution < -0.4 is 10.5 Å². The molecule has 3 nitrogen and oxygen atoms in total. The first-order valence-electron chi connectivity index (χ1n) is 5.79. The van der Waals surface area contributed by atoms with Gasteiger partial charge in [-0.3, -0.25) is 0 Å². The predicted molar refractivity (Wildman–Crippen MR) is 59.7 cm³/mol. The number of halogens is 1. The molecule has 0 aromatic carbocycles. The van der Waals surface area contributed by atoms with Crippen molar-refractivity contribution < 1.29 is 9.13 Å². The predicted octanol–water partition coefficient (Wildman–Crippen LogP) is 2.26. The van der Waals surface area contributed by atoms with Crippen molar-refractivity contribution in [3.63, 3.8) is 0 Å². The monoisotopic (exact) mass is 224 g/mol. The molecule has 2 rings (SSSR count). The molecule has 0 radical (unpaired) electrons. The van der Waals surface area contributed by atoms with E-state index in [1.54, 1.807) is 6.07 Å². The highest BCUT2D eigenvalue weighted by molar-refractivity contribution is 5.11. The summed E-state index contributed by atoms with van der Waals surface area (Å²) < 4.78 is 18.4. The van der Waals surface area contributed by atoms with Gasteiger partial charge in [0.05, 0.1) is 6.20 Å². The molecular weight excluding hydrogens is 207 g/mol. The molecule has 0 bridgehead atoms. The summed E-state index contributed by atoms with van der Waals surface area (Å²) in [7, 11) is 0. The Balaban J connectivity index is 1.99. The van der Waals surface area contributed by atoms with Gasteiger partial charge in [0, 0.05) is 12.1 Å². The van der Waals surface area contributed by atoms with Crippen molar-refractivity contribution >= 4 is 0 Å². The SMILES string of the molecule is NC1CCCCCC1Oc1ccc(F)cn1. The summed E-state index contributed by atoms with van der Waals surface area (Å²) in [5.41, 5.74) is 6.03. The van der Waals surface area contributed by atoms with E-state index >= 15 is 0 Å². The molecule has 1 fully saturated rings. The number of rotatable bonds is 2. The van der Waals surface area contributed by atoms with E-state index in [0.29, 0.717) is 5.88 Å². The van der Waals surface area contributed by atoms with E-state index in [0.717, 1.165) is 31.9 Å². The van der Waals surface area contributed by atoms with E-state index < -0.39 is 0 Å². The summed E-state index contributed by atoms with van der Waals surface area (Å²) in [4.78, 5) is 3.88. The number of nitrogens with two attached hydrogens (primary N) is 1. The lowest BCUT2D eigenvalue weighted by molar-refractivity contribution is 0.156. The zero-order valence-electron chi connectivity index (χ0n) is 9.23. The molecule has 16 heavy (non-hydrogen) atoms. The van der Waals surface area contributed by atoms with E-state index in [1.807, 2.05) is 0 Å². The molecule has 0 saturated heterocycles. The standard InChI is InChI=1S/C12H17FN2O/c13-9-6-7-12(15-8-9)16-11-5-3-1-2-4-10(11)14/h6-8,10-11H,1-5,14H2. The number of ether oxygens (including phenoxy) is 1. The minimum atomic E-state index is -0.350. The Bertz CT molecular complexity index is 328. The Kier molecular flexibility index (Phi) is 3.72. The number of nitrogens with zero attached hydrogens (tertiary/aromatic N) is 1. The van der Waals surface area contributed by atoms with Crippen molar-refractivity contribution in [1.82, 2.24) is 4.98 Å². The Hall–Kier alpha value is -1.16. The molecule has 1 aliphatic carbocycles. The van der Waals surface area contributed by atoms with Crippen LogP contribution in [-0.4, -0.2) is 17.1 Å². The van der Waals surface area contributed by atoms with Gasteiger partial charge in [-0.2, -0.15) is 0 Å². The maximum atomic E-state index is 12.7. The van der Waals surface area contributed by atoms with E-state index in [-0.39, 0.29) is 18.0 Å². The van der Waals surface area contributed by atoms with Gasteiger partial charge in [0.1, 0.15) is 11.9 Å². The molecule has 2 atom stereocenters. The van der Waals surface area contributed by atoms with Gasteiger partial charge in [-0.25, -0.2) is 9.37 Å². The molecule has 2 N–H and O–H groups in total. The van der Waals surface area contributed by atoms with Crippen LogP contribution in [0.3, 0.4) is 0 Å². The van der Waals surface area contributed by atoms with E-state index in [1.165, 1.54) is 12.5 Å². The lowest BCUT2D eigenvalue weighted by atomic mass is 10.1. The molecule has 88 valence electrons. The van der Waals surface area contributed by atoms with Gasteiger partial charge in [-0.15, -0.1) is 0 Å². The number of pyridine rings is 1. The van der Waals surface area contributed by atoms with Gasteiger partial charge in [0.15, 0.2) is 0 Å². The third kappa shape index (κ3) is 2.92. The van der Waals surface area contributed by atoms with Gasteiger partial charge in [-0.1, -0.05) is 12.8 Å². The molecular formula is C12H17FN2O. The van der Waals surface area contributed by atoms with Crippen LogP contribution in [0.2, 0.25) is 0 Å². The number of aromatic nitrogens is 1. The van der Waals surface area contributed by atoms with Crippen molar-refractivity contribution in [2.45, 2.75) is 44.2 Å². The third-order valence-corrected chi connectivity index (χ3v) is 2.98. The van der Waals surface area contributed by atoms with E-state index in [4.69, 9.17) is 10.5 Å². The molecule has 4 heteroatoms. The first-order chi connectivity index (χ1) is 7.75. The fourth-order valence-electron chi connectivity index (χ4n) is 2.04. The van der Waals surface area contributed by atoms with E-state index in [2.05, 4.69) is 4.98 Å². The zero-order chi connectivity index (χ0) is 11.4. The molecule has 1 aliphatic rings. The second-order valence-electron chi connectivity index (χ2n) is 4.27. The van der Waals surface area contributed by atoms with Crippen LogP contribution in [0, 0.1) is 5.82 Å². The van der Waals surface area contributed by atoms with E-state index in [9.17, 15) is 4.39 Å². The smallest absolute Gasteiger partial charge is 0.213 e. The molecule has 1 aromatic heterocycles. The minimum absolute atomic E-state index is 0.0143. The van der Waals surface area contributed by atoms with Crippen molar-refractivity contribution in [1.29, 1.82) is 0 Å². The molecule has 0 aliphatic heterocycles. The maximum absolute atomic E-state index is 12.7. The van der Waals surface area contributed by atoms with Gasteiger partial charge >= 0.3 is 0 Å². The van der Waals surface area contributed by atoms with Crippen molar-refractivity contribution in [3.8, 4) is 5.88 Å². The quantitative estimate of drug-likeness (QED) is 0.784. The highest BCUT2D eigenvalue weighted by atomic mass is 19.1. The molecule has 1 saturated carbocycles. The number of hydrogen-bond acceptors (Lipinski definition) is 3. The number of hydrogen-bond donors (Lipinski definition) is 1. The lowest BCUT2D eigenvalue weighted by Gasteiger charge is -2.22. The third-order valence-electron chi connectivity index (χ3n) is 2.98. The van der Waals surface area contributed by atoms with Crippen molar-refractivity contribution in [3.05, 3.63) is 24.1 Å². The molecule has 1 aromatic rings. The summed E-state index contributed by atoms with van der Waals surface area (Å²) in [6.07, 6.45) is 6.64. The summed E-state index contributed by atoms with van der Waals surface area (Å²) in [6.45, 7) is 0. The fourth-order valence-corrected chi connectivity index (χ4v) is 2.04. The first kappa shape index (κ1) is 11.3. The average Bonchev–Trinajstić information content (AvgIpc) is 2.48. The highest BCUT2D eigenvalue weighted by Crippen LogP contribution is 2.21. The summed E-state index contributed by atoms with van der Waals surface area (Å²) in [5.74, 6) is 0.112. The molecule has 1 heterocycles. The Morgan fingerprint density at radius 3 is 2.81 bits per heavy atom. The summed E-state index contributed by atoms with van der Waals surface area (Å²) >= 11 is 0. The minimum Gasteiger partial charge on any atom is -0.473 e. The molecule has 0 amide bonds. The Morgan fingerprint density at radius 2 is 2.06 bits per heavy atom.